The van der Waals surface area contributed by atoms with Crippen molar-refractivity contribution < 1.29 is 4.42 Å². The zero-order valence-electron chi connectivity index (χ0n) is 27.5. The van der Waals surface area contributed by atoms with Gasteiger partial charge in [0.25, 0.3) is 0 Å². The third-order valence-corrected chi connectivity index (χ3v) is 9.18. The third-order valence-electron chi connectivity index (χ3n) is 9.18. The number of nitrogens with one attached hydrogen (secondary N) is 1. The number of hydrogen-bond donors (Lipinski definition) is 1. The fraction of sp³-hybridized carbons (Fsp3) is 0.0870. The van der Waals surface area contributed by atoms with Gasteiger partial charge in [-0.3, -0.25) is 0 Å². The van der Waals surface area contributed by atoms with Crippen molar-refractivity contribution in [1.29, 1.82) is 0 Å². The lowest BCUT2D eigenvalue weighted by Gasteiger charge is -2.23. The van der Waals surface area contributed by atoms with Crippen LogP contribution in [-0.2, 0) is 5.41 Å². The van der Waals surface area contributed by atoms with E-state index in [1.165, 1.54) is 44.5 Å². The van der Waals surface area contributed by atoms with E-state index in [1.807, 2.05) is 6.07 Å². The van der Waals surface area contributed by atoms with Gasteiger partial charge in [-0.2, -0.15) is 0 Å². The minimum absolute atomic E-state index is 0.108. The van der Waals surface area contributed by atoms with Gasteiger partial charge in [0.1, 0.15) is 11.2 Å². The lowest BCUT2D eigenvalue weighted by molar-refractivity contribution is 0.573. The van der Waals surface area contributed by atoms with Crippen molar-refractivity contribution in [1.82, 2.24) is 0 Å². The van der Waals surface area contributed by atoms with Crippen LogP contribution in [0, 0.1) is 0 Å². The predicted molar refractivity (Wildman–Crippen MR) is 204 cm³/mol. The molecular formula is C46H37NO. The minimum atomic E-state index is -0.108. The van der Waals surface area contributed by atoms with Crippen LogP contribution < -0.4 is 5.32 Å². The van der Waals surface area contributed by atoms with Crippen molar-refractivity contribution in [2.75, 3.05) is 5.32 Å². The number of benzene rings is 7. The van der Waals surface area contributed by atoms with Crippen molar-refractivity contribution in [2.45, 2.75) is 26.2 Å². The molecule has 0 saturated heterocycles. The molecule has 0 spiro atoms. The SMILES string of the molecule is CC(C)(C)c1cc(-c2ccccc2)c(Nc2ccc(-c3cc(-c4ccccc4)cc(-c4ccccc4)c3)cc2)c2c1oc1ccccc12. The Bertz CT molecular complexity index is 2310. The van der Waals surface area contributed by atoms with Crippen molar-refractivity contribution in [3.8, 4) is 44.5 Å². The van der Waals surface area contributed by atoms with Crippen LogP contribution in [0.25, 0.3) is 66.4 Å². The molecule has 2 nitrogen and oxygen atoms in total. The zero-order valence-corrected chi connectivity index (χ0v) is 27.5. The smallest absolute Gasteiger partial charge is 0.141 e. The molecule has 1 heterocycles. The first kappa shape index (κ1) is 29.5. The molecule has 48 heavy (non-hydrogen) atoms. The van der Waals surface area contributed by atoms with Gasteiger partial charge in [0.2, 0.25) is 0 Å². The summed E-state index contributed by atoms with van der Waals surface area (Å²) in [5.41, 5.74) is 14.5. The summed E-state index contributed by atoms with van der Waals surface area (Å²) in [6.45, 7) is 6.77. The summed E-state index contributed by atoms with van der Waals surface area (Å²) in [7, 11) is 0. The Hall–Kier alpha value is -5.86. The molecule has 0 aliphatic carbocycles. The molecule has 0 fully saturated rings. The van der Waals surface area contributed by atoms with Crippen molar-refractivity contribution >= 4 is 33.3 Å². The van der Waals surface area contributed by atoms with Gasteiger partial charge >= 0.3 is 0 Å². The van der Waals surface area contributed by atoms with Crippen molar-refractivity contribution in [3.63, 3.8) is 0 Å². The summed E-state index contributed by atoms with van der Waals surface area (Å²) in [4.78, 5) is 0. The van der Waals surface area contributed by atoms with Crippen LogP contribution in [0.2, 0.25) is 0 Å². The second kappa shape index (κ2) is 12.1. The van der Waals surface area contributed by atoms with Gasteiger partial charge in [-0.15, -0.1) is 0 Å². The first-order valence-corrected chi connectivity index (χ1v) is 16.6. The van der Waals surface area contributed by atoms with E-state index in [2.05, 4.69) is 184 Å². The van der Waals surface area contributed by atoms with E-state index in [4.69, 9.17) is 4.42 Å². The third kappa shape index (κ3) is 5.56. The van der Waals surface area contributed by atoms with E-state index >= 15 is 0 Å². The molecule has 8 rings (SSSR count). The topological polar surface area (TPSA) is 25.2 Å². The fourth-order valence-corrected chi connectivity index (χ4v) is 6.71. The normalized spacial score (nSPS) is 11.6. The van der Waals surface area contributed by atoms with E-state index in [1.54, 1.807) is 0 Å². The Morgan fingerprint density at radius 1 is 0.458 bits per heavy atom. The Labute approximate surface area is 282 Å². The number of furan rings is 1. The maximum absolute atomic E-state index is 6.61. The van der Waals surface area contributed by atoms with E-state index in [9.17, 15) is 0 Å². The lowest BCUT2D eigenvalue weighted by atomic mass is 9.83. The maximum atomic E-state index is 6.61. The molecule has 0 aliphatic heterocycles. The quantitative estimate of drug-likeness (QED) is 0.200. The number of rotatable bonds is 6. The lowest BCUT2D eigenvalue weighted by Crippen LogP contribution is -2.12. The monoisotopic (exact) mass is 619 g/mol. The molecule has 0 unspecified atom stereocenters. The fourth-order valence-electron chi connectivity index (χ4n) is 6.71. The van der Waals surface area contributed by atoms with E-state index < -0.39 is 0 Å². The minimum Gasteiger partial charge on any atom is -0.456 e. The van der Waals surface area contributed by atoms with Gasteiger partial charge in [0.15, 0.2) is 0 Å². The molecule has 0 radical (unpaired) electrons. The maximum Gasteiger partial charge on any atom is 0.141 e. The molecule has 2 heteroatoms. The Morgan fingerprint density at radius 3 is 1.48 bits per heavy atom. The molecule has 0 amide bonds. The van der Waals surface area contributed by atoms with Gasteiger partial charge in [-0.05, 0) is 86.8 Å². The van der Waals surface area contributed by atoms with Gasteiger partial charge < -0.3 is 9.73 Å². The Morgan fingerprint density at radius 2 is 0.938 bits per heavy atom. The molecule has 1 N–H and O–H groups in total. The highest BCUT2D eigenvalue weighted by atomic mass is 16.3. The van der Waals surface area contributed by atoms with Crippen LogP contribution in [0.3, 0.4) is 0 Å². The summed E-state index contributed by atoms with van der Waals surface area (Å²) < 4.78 is 6.61. The largest absolute Gasteiger partial charge is 0.456 e. The highest BCUT2D eigenvalue weighted by Crippen LogP contribution is 2.46. The van der Waals surface area contributed by atoms with E-state index in [0.29, 0.717) is 0 Å². The summed E-state index contributed by atoms with van der Waals surface area (Å²) in [5, 5.41) is 6.09. The summed E-state index contributed by atoms with van der Waals surface area (Å²) >= 11 is 0. The molecule has 0 saturated carbocycles. The summed E-state index contributed by atoms with van der Waals surface area (Å²) in [6, 6.07) is 58.3. The highest BCUT2D eigenvalue weighted by Gasteiger charge is 2.26. The first-order chi connectivity index (χ1) is 23.4. The molecule has 7 aromatic carbocycles. The summed E-state index contributed by atoms with van der Waals surface area (Å²) in [6.07, 6.45) is 0. The van der Waals surface area contributed by atoms with Gasteiger partial charge in [-0.1, -0.05) is 142 Å². The summed E-state index contributed by atoms with van der Waals surface area (Å²) in [5.74, 6) is 0. The first-order valence-electron chi connectivity index (χ1n) is 16.6. The molecule has 1 aromatic heterocycles. The average molecular weight is 620 g/mol. The highest BCUT2D eigenvalue weighted by molar-refractivity contribution is 6.16. The van der Waals surface area contributed by atoms with Crippen LogP contribution in [0.1, 0.15) is 26.3 Å². The van der Waals surface area contributed by atoms with Crippen LogP contribution in [-0.4, -0.2) is 0 Å². The Balaban J connectivity index is 1.25. The molecule has 0 atom stereocenters. The van der Waals surface area contributed by atoms with Crippen LogP contribution in [0.4, 0.5) is 11.4 Å². The number of hydrogen-bond acceptors (Lipinski definition) is 2. The molecule has 0 bridgehead atoms. The number of anilines is 2. The Kier molecular flexibility index (Phi) is 7.42. The van der Waals surface area contributed by atoms with Gasteiger partial charge in [0, 0.05) is 22.2 Å². The predicted octanol–water partition coefficient (Wildman–Crippen LogP) is 13.3. The van der Waals surface area contributed by atoms with Crippen LogP contribution in [0.15, 0.2) is 168 Å². The zero-order chi connectivity index (χ0) is 32.7. The second-order valence-corrected chi connectivity index (χ2v) is 13.5. The van der Waals surface area contributed by atoms with Crippen LogP contribution >= 0.6 is 0 Å². The molecular weight excluding hydrogens is 583 g/mol. The molecule has 8 aromatic rings. The van der Waals surface area contributed by atoms with Gasteiger partial charge in [-0.25, -0.2) is 0 Å². The number of fused-ring (bicyclic) bond motifs is 3. The standard InChI is InChI=1S/C46H37NO/c1-46(2,3)41-30-40(34-19-11-6-12-20-34)44(43-39-21-13-14-22-42(39)48-45(41)43)47-38-25-23-33(24-26-38)37-28-35(31-15-7-4-8-16-31)27-36(29-37)32-17-9-5-10-18-32/h4-30,47H,1-3H3. The van der Waals surface area contributed by atoms with Gasteiger partial charge in [0.05, 0.1) is 11.1 Å². The second-order valence-electron chi connectivity index (χ2n) is 13.5. The molecule has 232 valence electrons. The average Bonchev–Trinajstić information content (AvgIpc) is 3.52. The number of para-hydroxylation sites is 1. The van der Waals surface area contributed by atoms with Crippen molar-refractivity contribution in [2.24, 2.45) is 0 Å². The van der Waals surface area contributed by atoms with E-state index in [0.717, 1.165) is 38.9 Å². The van der Waals surface area contributed by atoms with Crippen molar-refractivity contribution in [3.05, 3.63) is 169 Å². The molecule has 0 aliphatic rings. The van der Waals surface area contributed by atoms with Crippen LogP contribution in [0.5, 0.6) is 0 Å². The van der Waals surface area contributed by atoms with E-state index in [-0.39, 0.29) is 5.41 Å².